The van der Waals surface area contributed by atoms with Gasteiger partial charge in [-0.15, -0.1) is 0 Å². The van der Waals surface area contributed by atoms with Gasteiger partial charge < -0.3 is 19.6 Å². The van der Waals surface area contributed by atoms with E-state index in [0.717, 1.165) is 38.0 Å². The van der Waals surface area contributed by atoms with Crippen LogP contribution in [0.25, 0.3) is 0 Å². The molecule has 0 unspecified atom stereocenters. The molecule has 0 spiro atoms. The van der Waals surface area contributed by atoms with Crippen LogP contribution in [0.3, 0.4) is 0 Å². The molecule has 1 fully saturated rings. The largest absolute Gasteiger partial charge is 0.465 e. The minimum atomic E-state index is -0.362. The summed E-state index contributed by atoms with van der Waals surface area (Å²) in [5, 5.41) is 12.8. The van der Waals surface area contributed by atoms with Crippen molar-refractivity contribution in [1.29, 1.82) is 0 Å². The molecular formula is C15H23NO4. The Kier molecular flexibility index (Phi) is 5.20. The lowest BCUT2D eigenvalue weighted by molar-refractivity contribution is 0.0598. The number of methoxy groups -OCH3 is 1. The number of ether oxygens (including phenoxy) is 1. The van der Waals surface area contributed by atoms with Crippen LogP contribution >= 0.6 is 0 Å². The minimum absolute atomic E-state index is 0.110. The molecule has 0 aromatic carbocycles. The number of carbonyl (C=O) groups is 1. The Morgan fingerprint density at radius 2 is 2.15 bits per heavy atom. The van der Waals surface area contributed by atoms with Crippen LogP contribution in [-0.4, -0.2) is 30.8 Å². The highest BCUT2D eigenvalue weighted by Gasteiger charge is 2.19. The Morgan fingerprint density at radius 1 is 1.45 bits per heavy atom. The Bertz CT molecular complexity index is 447. The first-order valence-corrected chi connectivity index (χ1v) is 7.16. The molecule has 112 valence electrons. The lowest BCUT2D eigenvalue weighted by Gasteiger charge is -2.25. The van der Waals surface area contributed by atoms with E-state index in [1.807, 2.05) is 0 Å². The fourth-order valence-corrected chi connectivity index (χ4v) is 2.69. The number of aliphatic hydroxyl groups is 1. The molecular weight excluding hydrogens is 258 g/mol. The number of hydrogen-bond acceptors (Lipinski definition) is 5. The molecule has 0 atom stereocenters. The second-order valence-electron chi connectivity index (χ2n) is 5.48. The second kappa shape index (κ2) is 6.90. The first kappa shape index (κ1) is 15.1. The van der Waals surface area contributed by atoms with Crippen molar-refractivity contribution in [1.82, 2.24) is 5.32 Å². The van der Waals surface area contributed by atoms with E-state index < -0.39 is 0 Å². The summed E-state index contributed by atoms with van der Waals surface area (Å²) in [5.41, 5.74) is 0.491. The van der Waals surface area contributed by atoms with Gasteiger partial charge in [0.25, 0.3) is 0 Å². The predicted molar refractivity (Wildman–Crippen MR) is 74.5 cm³/mol. The van der Waals surface area contributed by atoms with Crippen molar-refractivity contribution in [2.75, 3.05) is 13.7 Å². The van der Waals surface area contributed by atoms with Gasteiger partial charge in [-0.2, -0.15) is 0 Å². The number of hydrogen-bond donors (Lipinski definition) is 2. The van der Waals surface area contributed by atoms with Crippen LogP contribution in [0.2, 0.25) is 0 Å². The van der Waals surface area contributed by atoms with Gasteiger partial charge in [0.05, 0.1) is 19.8 Å². The van der Waals surface area contributed by atoms with Crippen molar-refractivity contribution in [2.45, 2.75) is 45.3 Å². The monoisotopic (exact) mass is 281 g/mol. The fourth-order valence-electron chi connectivity index (χ4n) is 2.69. The zero-order chi connectivity index (χ0) is 14.5. The lowest BCUT2D eigenvalue weighted by atomic mass is 9.87. The third-order valence-corrected chi connectivity index (χ3v) is 3.92. The number of aliphatic hydroxyl groups excluding tert-OH is 1. The van der Waals surface area contributed by atoms with Crippen LogP contribution < -0.4 is 5.32 Å². The molecule has 0 aliphatic heterocycles. The van der Waals surface area contributed by atoms with Gasteiger partial charge in [0.2, 0.25) is 0 Å². The van der Waals surface area contributed by atoms with Crippen molar-refractivity contribution in [3.8, 4) is 0 Å². The maximum Gasteiger partial charge on any atom is 0.341 e. The summed E-state index contributed by atoms with van der Waals surface area (Å²) in [4.78, 5) is 11.5. The highest BCUT2D eigenvalue weighted by Crippen LogP contribution is 2.23. The third kappa shape index (κ3) is 3.84. The van der Waals surface area contributed by atoms with Crippen LogP contribution in [0, 0.1) is 12.8 Å². The van der Waals surface area contributed by atoms with Gasteiger partial charge in [0.15, 0.2) is 0 Å². The number of rotatable bonds is 5. The summed E-state index contributed by atoms with van der Waals surface area (Å²) in [6, 6.07) is 1.73. The molecule has 1 aliphatic rings. The highest BCUT2D eigenvalue weighted by molar-refractivity contribution is 5.90. The van der Waals surface area contributed by atoms with Crippen molar-refractivity contribution < 1.29 is 19.1 Å². The van der Waals surface area contributed by atoms with Crippen molar-refractivity contribution in [3.05, 3.63) is 23.2 Å². The number of esters is 1. The number of carbonyl (C=O) groups excluding carboxylic acids is 1. The van der Waals surface area contributed by atoms with Crippen LogP contribution in [0.1, 0.15) is 47.6 Å². The van der Waals surface area contributed by atoms with Crippen molar-refractivity contribution in [2.24, 2.45) is 5.92 Å². The average molecular weight is 281 g/mol. The summed E-state index contributed by atoms with van der Waals surface area (Å²) in [6.07, 6.45) is 3.83. The highest BCUT2D eigenvalue weighted by atomic mass is 16.5. The second-order valence-corrected chi connectivity index (χ2v) is 5.48. The Labute approximate surface area is 119 Å². The number of furan rings is 1. The molecule has 2 N–H and O–H groups in total. The standard InChI is InChI=1S/C15H23NO4/c1-10-14(15(18)19-2)7-13(20-10)9-16-8-11-3-5-12(17)6-4-11/h7,11-12,16-17H,3-6,8-9H2,1-2H3. The van der Waals surface area contributed by atoms with E-state index >= 15 is 0 Å². The number of aryl methyl sites for hydroxylation is 1. The Morgan fingerprint density at radius 3 is 2.80 bits per heavy atom. The summed E-state index contributed by atoms with van der Waals surface area (Å²) < 4.78 is 10.2. The van der Waals surface area contributed by atoms with Crippen molar-refractivity contribution >= 4 is 5.97 Å². The fraction of sp³-hybridized carbons (Fsp3) is 0.667. The summed E-state index contributed by atoms with van der Waals surface area (Å²) in [6.45, 7) is 3.29. The zero-order valence-corrected chi connectivity index (χ0v) is 12.1. The lowest BCUT2D eigenvalue weighted by Crippen LogP contribution is -2.27. The normalized spacial score (nSPS) is 22.8. The smallest absolute Gasteiger partial charge is 0.341 e. The SMILES string of the molecule is COC(=O)c1cc(CNCC2CCC(O)CC2)oc1C. The maximum atomic E-state index is 11.5. The van der Waals surface area contributed by atoms with Gasteiger partial charge >= 0.3 is 5.97 Å². The average Bonchev–Trinajstić information content (AvgIpc) is 2.81. The topological polar surface area (TPSA) is 71.7 Å². The molecule has 0 radical (unpaired) electrons. The summed E-state index contributed by atoms with van der Waals surface area (Å²) in [7, 11) is 1.37. The molecule has 1 aromatic heterocycles. The molecule has 2 rings (SSSR count). The Hall–Kier alpha value is -1.33. The summed E-state index contributed by atoms with van der Waals surface area (Å²) >= 11 is 0. The van der Waals surface area contributed by atoms with Crippen LogP contribution in [0.4, 0.5) is 0 Å². The van der Waals surface area contributed by atoms with Gasteiger partial charge in [-0.25, -0.2) is 4.79 Å². The quantitative estimate of drug-likeness (QED) is 0.808. The molecule has 1 aromatic rings. The molecule has 1 heterocycles. The molecule has 0 saturated heterocycles. The molecule has 5 nitrogen and oxygen atoms in total. The van der Waals surface area contributed by atoms with Gasteiger partial charge in [0, 0.05) is 0 Å². The van der Waals surface area contributed by atoms with Crippen LogP contribution in [-0.2, 0) is 11.3 Å². The van der Waals surface area contributed by atoms with E-state index in [-0.39, 0.29) is 12.1 Å². The Balaban J connectivity index is 1.78. The van der Waals surface area contributed by atoms with E-state index in [1.54, 1.807) is 13.0 Å². The molecule has 5 heteroatoms. The van der Waals surface area contributed by atoms with Crippen LogP contribution in [0.5, 0.6) is 0 Å². The molecule has 1 aliphatic carbocycles. The molecule has 1 saturated carbocycles. The summed E-state index contributed by atoms with van der Waals surface area (Å²) in [5.74, 6) is 1.60. The van der Waals surface area contributed by atoms with Gasteiger partial charge in [-0.1, -0.05) is 0 Å². The first-order valence-electron chi connectivity index (χ1n) is 7.16. The zero-order valence-electron chi connectivity index (χ0n) is 12.1. The predicted octanol–water partition coefficient (Wildman–Crippen LogP) is 2.02. The van der Waals surface area contributed by atoms with E-state index in [1.165, 1.54) is 7.11 Å². The van der Waals surface area contributed by atoms with Crippen molar-refractivity contribution in [3.63, 3.8) is 0 Å². The van der Waals surface area contributed by atoms with E-state index in [9.17, 15) is 9.90 Å². The van der Waals surface area contributed by atoms with Crippen LogP contribution in [0.15, 0.2) is 10.5 Å². The molecule has 0 bridgehead atoms. The van der Waals surface area contributed by atoms with E-state index in [2.05, 4.69) is 5.32 Å². The van der Waals surface area contributed by atoms with E-state index in [4.69, 9.17) is 9.15 Å². The number of nitrogens with one attached hydrogen (secondary N) is 1. The van der Waals surface area contributed by atoms with Gasteiger partial charge in [-0.05, 0) is 51.1 Å². The molecule has 0 amide bonds. The minimum Gasteiger partial charge on any atom is -0.465 e. The maximum absolute atomic E-state index is 11.5. The third-order valence-electron chi connectivity index (χ3n) is 3.92. The van der Waals surface area contributed by atoms with Gasteiger partial charge in [0.1, 0.15) is 17.1 Å². The first-order chi connectivity index (χ1) is 9.60. The van der Waals surface area contributed by atoms with Gasteiger partial charge in [-0.3, -0.25) is 0 Å². The van der Waals surface area contributed by atoms with E-state index in [0.29, 0.717) is 23.8 Å². The molecule has 20 heavy (non-hydrogen) atoms.